The molecule has 2 aromatic rings. The van der Waals surface area contributed by atoms with Crippen LogP contribution in [-0.2, 0) is 11.3 Å². The van der Waals surface area contributed by atoms with Gasteiger partial charge in [-0.15, -0.1) is 0 Å². The standard InChI is InChI=1S/C14H17ClN4O2/c1-9(2)19-6-5-18(14(19)21)8-13(20)17-10-3-4-11(15)12(16)7-10/h3-7,9H,8,16H2,1-2H3,(H,17,20). The molecule has 2 rings (SSSR count). The van der Waals surface area contributed by atoms with Gasteiger partial charge < -0.3 is 11.1 Å². The van der Waals surface area contributed by atoms with Gasteiger partial charge in [-0.2, -0.15) is 0 Å². The van der Waals surface area contributed by atoms with Crippen molar-refractivity contribution in [3.8, 4) is 0 Å². The molecule has 0 unspecified atom stereocenters. The molecule has 6 nitrogen and oxygen atoms in total. The Morgan fingerprint density at radius 2 is 2.10 bits per heavy atom. The summed E-state index contributed by atoms with van der Waals surface area (Å²) in [6.45, 7) is 3.76. The highest BCUT2D eigenvalue weighted by atomic mass is 35.5. The summed E-state index contributed by atoms with van der Waals surface area (Å²) in [5.74, 6) is -0.305. The smallest absolute Gasteiger partial charge is 0.328 e. The van der Waals surface area contributed by atoms with Crippen LogP contribution in [0.1, 0.15) is 19.9 Å². The Kier molecular flexibility index (Phi) is 4.37. The maximum atomic E-state index is 12.0. The number of hydrogen-bond acceptors (Lipinski definition) is 3. The minimum Gasteiger partial charge on any atom is -0.397 e. The molecular formula is C14H17ClN4O2. The number of nitrogens with one attached hydrogen (secondary N) is 1. The third-order valence-electron chi connectivity index (χ3n) is 3.02. The van der Waals surface area contributed by atoms with Gasteiger partial charge in [0.05, 0.1) is 10.7 Å². The Hall–Kier alpha value is -2.21. The molecule has 0 spiro atoms. The summed E-state index contributed by atoms with van der Waals surface area (Å²) in [6.07, 6.45) is 3.26. The van der Waals surface area contributed by atoms with E-state index in [0.717, 1.165) is 0 Å². The number of halogens is 1. The summed E-state index contributed by atoms with van der Waals surface area (Å²) in [6, 6.07) is 4.88. The average molecular weight is 309 g/mol. The number of rotatable bonds is 4. The average Bonchev–Trinajstić information content (AvgIpc) is 2.75. The molecule has 0 aliphatic heterocycles. The number of amides is 1. The van der Waals surface area contributed by atoms with Crippen LogP contribution in [0.2, 0.25) is 5.02 Å². The van der Waals surface area contributed by atoms with Gasteiger partial charge in [0.1, 0.15) is 6.54 Å². The van der Waals surface area contributed by atoms with Crippen molar-refractivity contribution < 1.29 is 4.79 Å². The van der Waals surface area contributed by atoms with E-state index in [1.807, 2.05) is 13.8 Å². The molecule has 112 valence electrons. The van der Waals surface area contributed by atoms with Gasteiger partial charge in [-0.25, -0.2) is 4.79 Å². The summed E-state index contributed by atoms with van der Waals surface area (Å²) in [4.78, 5) is 24.0. The fourth-order valence-electron chi connectivity index (χ4n) is 1.92. The zero-order valence-corrected chi connectivity index (χ0v) is 12.6. The Morgan fingerprint density at radius 1 is 1.38 bits per heavy atom. The molecule has 0 saturated carbocycles. The van der Waals surface area contributed by atoms with E-state index in [0.29, 0.717) is 16.4 Å². The molecule has 1 aromatic heterocycles. The lowest BCUT2D eigenvalue weighted by molar-refractivity contribution is -0.116. The second-order valence-electron chi connectivity index (χ2n) is 4.99. The van der Waals surface area contributed by atoms with Crippen LogP contribution in [0.4, 0.5) is 11.4 Å². The number of imidazole rings is 1. The molecule has 1 amide bonds. The number of nitrogens with two attached hydrogens (primary N) is 1. The molecule has 0 radical (unpaired) electrons. The molecule has 0 saturated heterocycles. The van der Waals surface area contributed by atoms with Gasteiger partial charge in [0.25, 0.3) is 0 Å². The van der Waals surface area contributed by atoms with Crippen LogP contribution >= 0.6 is 11.6 Å². The molecule has 0 bridgehead atoms. The topological polar surface area (TPSA) is 82.1 Å². The number of carbonyl (C=O) groups excluding carboxylic acids is 1. The molecular weight excluding hydrogens is 292 g/mol. The third kappa shape index (κ3) is 3.46. The Bertz CT molecular complexity index is 718. The molecule has 21 heavy (non-hydrogen) atoms. The quantitative estimate of drug-likeness (QED) is 0.849. The van der Waals surface area contributed by atoms with E-state index in [2.05, 4.69) is 5.32 Å². The number of anilines is 2. The molecule has 1 aromatic carbocycles. The van der Waals surface area contributed by atoms with Crippen molar-refractivity contribution in [2.75, 3.05) is 11.1 Å². The van der Waals surface area contributed by atoms with Gasteiger partial charge in [0.2, 0.25) is 5.91 Å². The molecule has 0 aliphatic rings. The van der Waals surface area contributed by atoms with Gasteiger partial charge in [0, 0.05) is 24.1 Å². The first kappa shape index (κ1) is 15.2. The van der Waals surface area contributed by atoms with Crippen LogP contribution in [0.25, 0.3) is 0 Å². The summed E-state index contributed by atoms with van der Waals surface area (Å²) >= 11 is 5.81. The second-order valence-corrected chi connectivity index (χ2v) is 5.40. The monoisotopic (exact) mass is 308 g/mol. The maximum absolute atomic E-state index is 12.0. The van der Waals surface area contributed by atoms with Crippen molar-refractivity contribution >= 4 is 28.9 Å². The zero-order valence-electron chi connectivity index (χ0n) is 11.8. The van der Waals surface area contributed by atoms with Crippen LogP contribution in [0.3, 0.4) is 0 Å². The van der Waals surface area contributed by atoms with Gasteiger partial charge in [-0.1, -0.05) is 11.6 Å². The summed E-state index contributed by atoms with van der Waals surface area (Å²) in [5, 5.41) is 3.11. The molecule has 1 heterocycles. The zero-order chi connectivity index (χ0) is 15.6. The van der Waals surface area contributed by atoms with Crippen LogP contribution in [0.5, 0.6) is 0 Å². The molecule has 3 N–H and O–H groups in total. The highest BCUT2D eigenvalue weighted by Gasteiger charge is 2.10. The van der Waals surface area contributed by atoms with Crippen molar-refractivity contribution in [1.29, 1.82) is 0 Å². The SMILES string of the molecule is CC(C)n1ccn(CC(=O)Nc2ccc(Cl)c(N)c2)c1=O. The van der Waals surface area contributed by atoms with Gasteiger partial charge in [0.15, 0.2) is 0 Å². The van der Waals surface area contributed by atoms with E-state index in [-0.39, 0.29) is 24.2 Å². The number of aromatic nitrogens is 2. The van der Waals surface area contributed by atoms with Crippen LogP contribution < -0.4 is 16.7 Å². The van der Waals surface area contributed by atoms with E-state index < -0.39 is 0 Å². The Morgan fingerprint density at radius 3 is 2.67 bits per heavy atom. The third-order valence-corrected chi connectivity index (χ3v) is 3.37. The predicted molar refractivity (Wildman–Crippen MR) is 83.6 cm³/mol. The first-order valence-electron chi connectivity index (χ1n) is 6.50. The van der Waals surface area contributed by atoms with Crippen molar-refractivity contribution in [2.45, 2.75) is 26.4 Å². The number of nitrogens with zero attached hydrogens (tertiary/aromatic N) is 2. The molecule has 0 fully saturated rings. The fourth-order valence-corrected chi connectivity index (χ4v) is 2.04. The fraction of sp³-hybridized carbons (Fsp3) is 0.286. The second kappa shape index (κ2) is 6.05. The lowest BCUT2D eigenvalue weighted by Gasteiger charge is -2.07. The molecule has 7 heteroatoms. The minimum absolute atomic E-state index is 0.0536. The normalized spacial score (nSPS) is 10.9. The van der Waals surface area contributed by atoms with Crippen molar-refractivity contribution in [3.63, 3.8) is 0 Å². The highest BCUT2D eigenvalue weighted by molar-refractivity contribution is 6.33. The van der Waals surface area contributed by atoms with Crippen LogP contribution in [0, 0.1) is 0 Å². The van der Waals surface area contributed by atoms with E-state index >= 15 is 0 Å². The minimum atomic E-state index is -0.305. The lowest BCUT2D eigenvalue weighted by Crippen LogP contribution is -2.29. The number of hydrogen-bond donors (Lipinski definition) is 2. The van der Waals surface area contributed by atoms with Gasteiger partial charge in [-0.3, -0.25) is 13.9 Å². The lowest BCUT2D eigenvalue weighted by atomic mass is 10.3. The Balaban J connectivity index is 2.08. The summed E-state index contributed by atoms with van der Waals surface area (Å²) in [7, 11) is 0. The maximum Gasteiger partial charge on any atom is 0.328 e. The number of carbonyl (C=O) groups is 1. The van der Waals surface area contributed by atoms with Crippen molar-refractivity contribution in [3.05, 3.63) is 46.1 Å². The highest BCUT2D eigenvalue weighted by Crippen LogP contribution is 2.22. The first-order chi connectivity index (χ1) is 9.88. The van der Waals surface area contributed by atoms with Gasteiger partial charge >= 0.3 is 5.69 Å². The Labute approximate surface area is 127 Å². The van der Waals surface area contributed by atoms with E-state index in [9.17, 15) is 9.59 Å². The van der Waals surface area contributed by atoms with E-state index in [4.69, 9.17) is 17.3 Å². The predicted octanol–water partition coefficient (Wildman–Crippen LogP) is 2.10. The number of benzene rings is 1. The number of nitrogen functional groups attached to an aromatic ring is 1. The van der Waals surface area contributed by atoms with E-state index in [1.165, 1.54) is 4.57 Å². The van der Waals surface area contributed by atoms with Crippen molar-refractivity contribution in [1.82, 2.24) is 9.13 Å². The largest absolute Gasteiger partial charge is 0.397 e. The summed E-state index contributed by atoms with van der Waals surface area (Å²) in [5.41, 5.74) is 6.38. The first-order valence-corrected chi connectivity index (χ1v) is 6.88. The van der Waals surface area contributed by atoms with Crippen molar-refractivity contribution in [2.24, 2.45) is 0 Å². The summed E-state index contributed by atoms with van der Waals surface area (Å²) < 4.78 is 2.92. The van der Waals surface area contributed by atoms with E-state index in [1.54, 1.807) is 35.2 Å². The van der Waals surface area contributed by atoms with Crippen LogP contribution in [-0.4, -0.2) is 15.0 Å². The van der Waals surface area contributed by atoms with Gasteiger partial charge in [-0.05, 0) is 32.0 Å². The van der Waals surface area contributed by atoms with Crippen LogP contribution in [0.15, 0.2) is 35.4 Å². The molecule has 0 atom stereocenters. The molecule has 0 aliphatic carbocycles.